The molecule has 0 bridgehead atoms. The molecular weight excluding hydrogens is 176 g/mol. The fourth-order valence-corrected chi connectivity index (χ4v) is 0.981. The first-order chi connectivity index (χ1) is 5.86. The Labute approximate surface area is 74.0 Å². The predicted molar refractivity (Wildman–Crippen MR) is 44.7 cm³/mol. The Morgan fingerprint density at radius 2 is 2.17 bits per heavy atom. The van der Waals surface area contributed by atoms with Crippen LogP contribution in [0.3, 0.4) is 0 Å². The Morgan fingerprint density at radius 3 is 2.75 bits per heavy atom. The lowest BCUT2D eigenvalue weighted by atomic mass is 10.3. The van der Waals surface area contributed by atoms with Crippen LogP contribution in [0.25, 0.3) is 11.5 Å². The molecule has 0 saturated heterocycles. The number of hydrogen-bond acceptors (Lipinski definition) is 3. The molecule has 2 aromatic heterocycles. The molecule has 0 amide bonds. The Hall–Kier alpha value is -1.35. The van der Waals surface area contributed by atoms with Gasteiger partial charge in [-0.25, -0.2) is 0 Å². The molecule has 0 fully saturated rings. The molecule has 2 aromatic rings. The zero-order chi connectivity index (χ0) is 8.39. The highest BCUT2D eigenvalue weighted by Crippen LogP contribution is 2.17. The number of aromatic nitrogens is 2. The van der Waals surface area contributed by atoms with Gasteiger partial charge < -0.3 is 4.52 Å². The third-order valence-electron chi connectivity index (χ3n) is 1.42. The maximum absolute atomic E-state index is 5.66. The fraction of sp³-hybridized carbons (Fsp3) is 0. The maximum Gasteiger partial charge on any atom is 0.185 e. The number of nitrogens with zero attached hydrogens (tertiary/aromatic N) is 2. The van der Waals surface area contributed by atoms with E-state index in [1.165, 1.54) is 0 Å². The number of rotatable bonds is 1. The van der Waals surface area contributed by atoms with Gasteiger partial charge in [-0.15, -0.1) is 0 Å². The van der Waals surface area contributed by atoms with Crippen LogP contribution in [0.2, 0.25) is 5.02 Å². The Morgan fingerprint density at radius 1 is 1.25 bits per heavy atom. The van der Waals surface area contributed by atoms with Crippen molar-refractivity contribution in [2.45, 2.75) is 0 Å². The molecule has 0 aliphatic rings. The van der Waals surface area contributed by atoms with Gasteiger partial charge in [0.2, 0.25) is 0 Å². The third kappa shape index (κ3) is 1.31. The van der Waals surface area contributed by atoms with E-state index in [-0.39, 0.29) is 0 Å². The van der Waals surface area contributed by atoms with Crippen LogP contribution in [0, 0.1) is 0 Å². The normalized spacial score (nSPS) is 10.1. The first-order valence-corrected chi connectivity index (χ1v) is 3.77. The van der Waals surface area contributed by atoms with Crippen LogP contribution in [0.4, 0.5) is 0 Å². The molecule has 0 unspecified atom stereocenters. The van der Waals surface area contributed by atoms with E-state index in [9.17, 15) is 0 Å². The summed E-state index contributed by atoms with van der Waals surface area (Å²) in [6.45, 7) is 0. The molecule has 4 heteroatoms. The van der Waals surface area contributed by atoms with E-state index < -0.39 is 0 Å². The molecule has 2 rings (SSSR count). The molecular formula is C8H5ClN2O. The van der Waals surface area contributed by atoms with E-state index in [2.05, 4.69) is 10.1 Å². The zero-order valence-corrected chi connectivity index (χ0v) is 6.82. The number of pyridine rings is 1. The minimum atomic E-state index is 0.610. The molecule has 0 saturated carbocycles. The van der Waals surface area contributed by atoms with Crippen LogP contribution in [0.15, 0.2) is 35.1 Å². The molecule has 0 aliphatic heterocycles. The Bertz CT molecular complexity index is 355. The predicted octanol–water partition coefficient (Wildman–Crippen LogP) is 2.39. The van der Waals surface area contributed by atoms with Gasteiger partial charge in [-0.1, -0.05) is 16.8 Å². The summed E-state index contributed by atoms with van der Waals surface area (Å²) in [6, 6.07) is 5.28. The van der Waals surface area contributed by atoms with Crippen molar-refractivity contribution >= 4 is 11.6 Å². The Balaban J connectivity index is 2.43. The van der Waals surface area contributed by atoms with Gasteiger partial charge in [0, 0.05) is 12.3 Å². The molecule has 2 heterocycles. The van der Waals surface area contributed by atoms with E-state index in [0.717, 1.165) is 5.69 Å². The molecule has 0 aromatic carbocycles. The molecule has 0 aliphatic carbocycles. The summed E-state index contributed by atoms with van der Waals surface area (Å²) < 4.78 is 4.90. The van der Waals surface area contributed by atoms with Crippen molar-refractivity contribution in [1.82, 2.24) is 10.1 Å². The van der Waals surface area contributed by atoms with Crippen LogP contribution in [-0.2, 0) is 0 Å². The minimum absolute atomic E-state index is 0.610. The summed E-state index contributed by atoms with van der Waals surface area (Å²) in [7, 11) is 0. The second-order valence-corrected chi connectivity index (χ2v) is 2.67. The highest BCUT2D eigenvalue weighted by atomic mass is 35.5. The average molecular weight is 181 g/mol. The van der Waals surface area contributed by atoms with Crippen LogP contribution in [-0.4, -0.2) is 10.1 Å². The van der Waals surface area contributed by atoms with Crippen molar-refractivity contribution in [3.05, 3.63) is 35.6 Å². The molecule has 0 radical (unpaired) electrons. The van der Waals surface area contributed by atoms with Gasteiger partial charge in [-0.2, -0.15) is 0 Å². The van der Waals surface area contributed by atoms with Crippen molar-refractivity contribution in [2.24, 2.45) is 0 Å². The first-order valence-electron chi connectivity index (χ1n) is 3.39. The van der Waals surface area contributed by atoms with Gasteiger partial charge in [-0.3, -0.25) is 4.98 Å². The van der Waals surface area contributed by atoms with Gasteiger partial charge >= 0.3 is 0 Å². The number of halogens is 1. The minimum Gasteiger partial charge on any atom is -0.355 e. The van der Waals surface area contributed by atoms with Crippen molar-refractivity contribution in [3.8, 4) is 11.5 Å². The van der Waals surface area contributed by atoms with E-state index in [4.69, 9.17) is 16.1 Å². The molecule has 60 valence electrons. The molecule has 12 heavy (non-hydrogen) atoms. The van der Waals surface area contributed by atoms with Crippen molar-refractivity contribution in [1.29, 1.82) is 0 Å². The van der Waals surface area contributed by atoms with Gasteiger partial charge in [0.1, 0.15) is 5.69 Å². The highest BCUT2D eigenvalue weighted by molar-refractivity contribution is 6.30. The molecule has 0 spiro atoms. The lowest BCUT2D eigenvalue weighted by molar-refractivity contribution is 0.431. The van der Waals surface area contributed by atoms with Gasteiger partial charge in [0.25, 0.3) is 0 Å². The summed E-state index contributed by atoms with van der Waals surface area (Å²) in [4.78, 5) is 4.06. The lowest BCUT2D eigenvalue weighted by Gasteiger charge is -1.92. The van der Waals surface area contributed by atoms with E-state index in [1.54, 1.807) is 30.6 Å². The summed E-state index contributed by atoms with van der Waals surface area (Å²) in [6.07, 6.45) is 3.14. The van der Waals surface area contributed by atoms with E-state index in [0.29, 0.717) is 10.8 Å². The van der Waals surface area contributed by atoms with Crippen molar-refractivity contribution in [2.75, 3.05) is 0 Å². The third-order valence-corrected chi connectivity index (χ3v) is 1.64. The number of hydrogen-bond donors (Lipinski definition) is 0. The van der Waals surface area contributed by atoms with Crippen molar-refractivity contribution < 1.29 is 4.52 Å². The molecule has 0 atom stereocenters. The summed E-state index contributed by atoms with van der Waals surface area (Å²) in [5.41, 5.74) is 0.733. The topological polar surface area (TPSA) is 38.9 Å². The van der Waals surface area contributed by atoms with Crippen molar-refractivity contribution in [3.63, 3.8) is 0 Å². The van der Waals surface area contributed by atoms with Crippen LogP contribution in [0.5, 0.6) is 0 Å². The SMILES string of the molecule is Clc1ccc(-c2ccno2)nc1. The quantitative estimate of drug-likeness (QED) is 0.677. The van der Waals surface area contributed by atoms with E-state index >= 15 is 0 Å². The first kappa shape index (κ1) is 7.31. The van der Waals surface area contributed by atoms with Gasteiger partial charge in [0.15, 0.2) is 5.76 Å². The highest BCUT2D eigenvalue weighted by Gasteiger charge is 2.01. The fourth-order valence-electron chi connectivity index (χ4n) is 0.869. The average Bonchev–Trinajstić information content (AvgIpc) is 2.58. The maximum atomic E-state index is 5.66. The van der Waals surface area contributed by atoms with Crippen LogP contribution < -0.4 is 0 Å². The van der Waals surface area contributed by atoms with Gasteiger partial charge in [-0.05, 0) is 12.1 Å². The summed E-state index contributed by atoms with van der Waals surface area (Å²) in [5.74, 6) is 0.645. The summed E-state index contributed by atoms with van der Waals surface area (Å²) in [5, 5.41) is 4.18. The van der Waals surface area contributed by atoms with Gasteiger partial charge in [0.05, 0.1) is 11.2 Å². The van der Waals surface area contributed by atoms with Crippen LogP contribution in [0.1, 0.15) is 0 Å². The second-order valence-electron chi connectivity index (χ2n) is 2.24. The lowest BCUT2D eigenvalue weighted by Crippen LogP contribution is -1.78. The monoisotopic (exact) mass is 180 g/mol. The summed E-state index contributed by atoms with van der Waals surface area (Å²) >= 11 is 5.66. The standard InChI is InChI=1S/C8H5ClN2O/c9-6-1-2-7(10-5-6)8-3-4-11-12-8/h1-5H. The van der Waals surface area contributed by atoms with E-state index in [1.807, 2.05) is 0 Å². The second kappa shape index (κ2) is 2.95. The van der Waals surface area contributed by atoms with Crippen LogP contribution >= 0.6 is 11.6 Å². The molecule has 0 N–H and O–H groups in total. The zero-order valence-electron chi connectivity index (χ0n) is 6.07. The Kier molecular flexibility index (Phi) is 1.80. The molecule has 3 nitrogen and oxygen atoms in total. The largest absolute Gasteiger partial charge is 0.355 e. The smallest absolute Gasteiger partial charge is 0.185 e.